The third-order valence-electron chi connectivity index (χ3n) is 4.05. The van der Waals surface area contributed by atoms with Crippen LogP contribution in [-0.4, -0.2) is 39.0 Å². The molecule has 26 heavy (non-hydrogen) atoms. The summed E-state index contributed by atoms with van der Waals surface area (Å²) in [7, 11) is 0. The van der Waals surface area contributed by atoms with Crippen molar-refractivity contribution in [1.29, 1.82) is 0 Å². The molecule has 0 atom stereocenters. The van der Waals surface area contributed by atoms with E-state index in [0.29, 0.717) is 35.4 Å². The Balaban J connectivity index is 1.47. The molecule has 0 aliphatic rings. The van der Waals surface area contributed by atoms with Crippen LogP contribution in [0, 0.1) is 0 Å². The third-order valence-corrected chi connectivity index (χ3v) is 4.05. The first-order chi connectivity index (χ1) is 12.5. The number of hydrogen-bond donors (Lipinski definition) is 4. The molecule has 12 heteroatoms. The lowest BCUT2D eigenvalue weighted by atomic mass is 10.3. The van der Waals surface area contributed by atoms with Gasteiger partial charge in [-0.05, 0) is 12.8 Å². The van der Waals surface area contributed by atoms with Gasteiger partial charge in [0.25, 0.3) is 11.1 Å². The quantitative estimate of drug-likeness (QED) is 0.335. The summed E-state index contributed by atoms with van der Waals surface area (Å²) in [5, 5.41) is 0. The second-order valence-electron chi connectivity index (χ2n) is 5.83. The highest BCUT2D eigenvalue weighted by Crippen LogP contribution is 2.10. The number of nitrogens with two attached hydrogens (primary N) is 2. The van der Waals surface area contributed by atoms with Gasteiger partial charge in [-0.3, -0.25) is 19.6 Å². The number of nitrogens with zero attached hydrogens (tertiary/aromatic N) is 6. The second kappa shape index (κ2) is 5.98. The molecule has 0 spiro atoms. The molecule has 0 aromatic carbocycles. The highest BCUT2D eigenvalue weighted by molar-refractivity contribution is 5.71. The highest BCUT2D eigenvalue weighted by Gasteiger charge is 2.11. The van der Waals surface area contributed by atoms with Crippen LogP contribution in [0.4, 0.5) is 11.9 Å². The number of aromatic amines is 2. The Morgan fingerprint density at radius 1 is 0.808 bits per heavy atom. The molecule has 6 N–H and O–H groups in total. The fraction of sp³-hybridized carbons (Fsp3) is 0.286. The summed E-state index contributed by atoms with van der Waals surface area (Å²) in [6, 6.07) is 0. The van der Waals surface area contributed by atoms with Crippen LogP contribution in [0.1, 0.15) is 12.8 Å². The zero-order valence-corrected chi connectivity index (χ0v) is 13.6. The summed E-state index contributed by atoms with van der Waals surface area (Å²) in [6.07, 6.45) is 4.65. The van der Waals surface area contributed by atoms with Gasteiger partial charge in [0.15, 0.2) is 22.3 Å². The third kappa shape index (κ3) is 2.66. The molecule has 12 nitrogen and oxygen atoms in total. The van der Waals surface area contributed by atoms with Crippen LogP contribution < -0.4 is 22.6 Å². The van der Waals surface area contributed by atoms with Gasteiger partial charge in [-0.1, -0.05) is 0 Å². The number of aryl methyl sites for hydroxylation is 2. The molecule has 0 radical (unpaired) electrons. The number of H-pyrrole nitrogens is 2. The summed E-state index contributed by atoms with van der Waals surface area (Å²) in [6.45, 7) is 1.17. The Kier molecular flexibility index (Phi) is 3.64. The minimum Gasteiger partial charge on any atom is -0.369 e. The number of rotatable bonds is 5. The zero-order valence-electron chi connectivity index (χ0n) is 13.6. The Bertz CT molecular complexity index is 1120. The van der Waals surface area contributed by atoms with Crippen molar-refractivity contribution < 1.29 is 0 Å². The molecule has 0 fully saturated rings. The summed E-state index contributed by atoms with van der Waals surface area (Å²) < 4.78 is 3.48. The Morgan fingerprint density at radius 2 is 1.23 bits per heavy atom. The minimum absolute atomic E-state index is 0.0409. The van der Waals surface area contributed by atoms with Gasteiger partial charge >= 0.3 is 0 Å². The minimum atomic E-state index is -0.319. The van der Waals surface area contributed by atoms with Gasteiger partial charge < -0.3 is 20.6 Å². The van der Waals surface area contributed by atoms with E-state index in [-0.39, 0.29) is 23.0 Å². The molecule has 0 aliphatic carbocycles. The van der Waals surface area contributed by atoms with Crippen molar-refractivity contribution in [3.05, 3.63) is 33.4 Å². The van der Waals surface area contributed by atoms with E-state index in [1.165, 1.54) is 0 Å². The predicted octanol–water partition coefficient (Wildman–Crippen LogP) is -0.803. The first kappa shape index (κ1) is 15.8. The van der Waals surface area contributed by atoms with E-state index in [9.17, 15) is 9.59 Å². The number of nitrogens with one attached hydrogen (secondary N) is 2. The smallest absolute Gasteiger partial charge is 0.278 e. The van der Waals surface area contributed by atoms with Gasteiger partial charge in [0.1, 0.15) is 0 Å². The molecule has 4 rings (SSSR count). The summed E-state index contributed by atoms with van der Waals surface area (Å²) in [4.78, 5) is 45.1. The molecule has 0 aliphatic heterocycles. The van der Waals surface area contributed by atoms with Crippen LogP contribution >= 0.6 is 0 Å². The Morgan fingerprint density at radius 3 is 1.65 bits per heavy atom. The van der Waals surface area contributed by atoms with Crippen LogP contribution in [0.3, 0.4) is 0 Å². The van der Waals surface area contributed by atoms with Gasteiger partial charge in [0.2, 0.25) is 11.9 Å². The van der Waals surface area contributed by atoms with E-state index < -0.39 is 0 Å². The van der Waals surface area contributed by atoms with Crippen molar-refractivity contribution in [2.24, 2.45) is 0 Å². The van der Waals surface area contributed by atoms with Crippen molar-refractivity contribution in [1.82, 2.24) is 39.0 Å². The molecule has 4 aromatic rings. The summed E-state index contributed by atoms with van der Waals surface area (Å²) in [5.41, 5.74) is 11.8. The van der Waals surface area contributed by atoms with Gasteiger partial charge in [0.05, 0.1) is 12.7 Å². The highest BCUT2D eigenvalue weighted by atomic mass is 16.1. The fourth-order valence-electron chi connectivity index (χ4n) is 2.91. The lowest BCUT2D eigenvalue weighted by Gasteiger charge is -2.05. The van der Waals surface area contributed by atoms with Crippen LogP contribution in [-0.2, 0) is 13.1 Å². The predicted molar refractivity (Wildman–Crippen MR) is 94.4 cm³/mol. The number of nitrogen functional groups attached to an aromatic ring is 2. The molecule has 0 saturated heterocycles. The van der Waals surface area contributed by atoms with Crippen molar-refractivity contribution in [2.75, 3.05) is 11.5 Å². The molecule has 0 unspecified atom stereocenters. The number of imidazole rings is 2. The van der Waals surface area contributed by atoms with E-state index in [2.05, 4.69) is 29.9 Å². The van der Waals surface area contributed by atoms with Crippen LogP contribution in [0.25, 0.3) is 22.3 Å². The standard InChI is InChI=1S/C14H16N10O2/c15-13-19-9-7(11(25)21-13)23(5-17-9)3-1-2-4-24-6-18-10-8(24)12(26)22-14(16)20-10/h5-6H,1-4H2,(H3,15,19,21,25)(H3,16,20,22,26). The van der Waals surface area contributed by atoms with E-state index in [1.54, 1.807) is 21.8 Å². The normalized spacial score (nSPS) is 11.5. The van der Waals surface area contributed by atoms with Crippen molar-refractivity contribution in [3.8, 4) is 0 Å². The van der Waals surface area contributed by atoms with Crippen molar-refractivity contribution >= 4 is 34.2 Å². The summed E-state index contributed by atoms with van der Waals surface area (Å²) >= 11 is 0. The Labute approximate surface area is 144 Å². The van der Waals surface area contributed by atoms with Gasteiger partial charge in [-0.2, -0.15) is 9.97 Å². The molecule has 134 valence electrons. The molecule has 4 aromatic heterocycles. The molecule has 0 amide bonds. The molecule has 0 saturated carbocycles. The SMILES string of the molecule is Nc1nc2ncn(CCCCn3cnc4nc(N)[nH]c(=O)c43)c2c(=O)[nH]1. The van der Waals surface area contributed by atoms with Crippen molar-refractivity contribution in [3.63, 3.8) is 0 Å². The first-order valence-electron chi connectivity index (χ1n) is 7.94. The maximum absolute atomic E-state index is 12.0. The molecular weight excluding hydrogens is 340 g/mol. The second-order valence-corrected chi connectivity index (χ2v) is 5.83. The lowest BCUT2D eigenvalue weighted by molar-refractivity contribution is 0.564. The number of aromatic nitrogens is 8. The molecule has 4 heterocycles. The average Bonchev–Trinajstić information content (AvgIpc) is 3.15. The fourth-order valence-corrected chi connectivity index (χ4v) is 2.91. The number of fused-ring (bicyclic) bond motifs is 2. The van der Waals surface area contributed by atoms with Crippen LogP contribution in [0.5, 0.6) is 0 Å². The average molecular weight is 356 g/mol. The van der Waals surface area contributed by atoms with Gasteiger partial charge in [0, 0.05) is 13.1 Å². The van der Waals surface area contributed by atoms with E-state index >= 15 is 0 Å². The Hall–Kier alpha value is -3.70. The van der Waals surface area contributed by atoms with Crippen molar-refractivity contribution in [2.45, 2.75) is 25.9 Å². The topological polar surface area (TPSA) is 179 Å². The van der Waals surface area contributed by atoms with Gasteiger partial charge in [-0.25, -0.2) is 9.97 Å². The maximum atomic E-state index is 12.0. The first-order valence-corrected chi connectivity index (χ1v) is 7.94. The van der Waals surface area contributed by atoms with E-state index in [1.807, 2.05) is 0 Å². The van der Waals surface area contributed by atoms with Crippen LogP contribution in [0.2, 0.25) is 0 Å². The zero-order chi connectivity index (χ0) is 18.3. The van der Waals surface area contributed by atoms with E-state index in [4.69, 9.17) is 11.5 Å². The van der Waals surface area contributed by atoms with Gasteiger partial charge in [-0.15, -0.1) is 0 Å². The van der Waals surface area contributed by atoms with Crippen LogP contribution in [0.15, 0.2) is 22.2 Å². The largest absolute Gasteiger partial charge is 0.369 e. The number of anilines is 2. The maximum Gasteiger partial charge on any atom is 0.278 e. The lowest BCUT2D eigenvalue weighted by Crippen LogP contribution is -2.15. The monoisotopic (exact) mass is 356 g/mol. The molecular formula is C14H16N10O2. The molecule has 0 bridgehead atoms. The van der Waals surface area contributed by atoms with E-state index in [0.717, 1.165) is 12.8 Å². The number of unbranched alkanes of at least 4 members (excludes halogenated alkanes) is 1. The number of hydrogen-bond acceptors (Lipinski definition) is 8. The summed E-state index contributed by atoms with van der Waals surface area (Å²) in [5.74, 6) is 0.0819.